The Balaban J connectivity index is 2.23. The van der Waals surface area contributed by atoms with E-state index in [1.54, 1.807) is 14.0 Å². The highest BCUT2D eigenvalue weighted by Crippen LogP contribution is 2.15. The molecule has 1 heterocycles. The minimum atomic E-state index is -0.341. The van der Waals surface area contributed by atoms with E-state index in [9.17, 15) is 9.18 Å². The number of halogens is 1. The Kier molecular flexibility index (Phi) is 2.91. The maximum atomic E-state index is 12.7. The topological polar surface area (TPSA) is 46.3 Å². The monoisotopic (exact) mass is 234 g/mol. The molecule has 1 amide bonds. The summed E-state index contributed by atoms with van der Waals surface area (Å²) in [6.45, 7) is 1.66. The second-order valence-electron chi connectivity index (χ2n) is 3.59. The van der Waals surface area contributed by atoms with E-state index < -0.39 is 0 Å². The van der Waals surface area contributed by atoms with Crippen molar-refractivity contribution in [3.05, 3.63) is 47.9 Å². The number of anilines is 1. The van der Waals surface area contributed by atoms with E-state index in [0.29, 0.717) is 11.6 Å². The van der Waals surface area contributed by atoms with Crippen molar-refractivity contribution >= 4 is 11.6 Å². The molecule has 0 unspecified atom stereocenters. The van der Waals surface area contributed by atoms with Crippen LogP contribution in [0.1, 0.15) is 16.4 Å². The minimum absolute atomic E-state index is 0.231. The van der Waals surface area contributed by atoms with Gasteiger partial charge < -0.3 is 9.32 Å². The van der Waals surface area contributed by atoms with Gasteiger partial charge in [-0.05, 0) is 24.3 Å². The molecule has 2 aromatic rings. The Morgan fingerprint density at radius 2 is 2.00 bits per heavy atom. The number of oxazole rings is 1. The molecule has 88 valence electrons. The molecule has 0 spiro atoms. The summed E-state index contributed by atoms with van der Waals surface area (Å²) in [6.07, 6.45) is 1.30. The maximum Gasteiger partial charge on any atom is 0.279 e. The van der Waals surface area contributed by atoms with E-state index in [-0.39, 0.29) is 17.4 Å². The fourth-order valence-corrected chi connectivity index (χ4v) is 1.42. The van der Waals surface area contributed by atoms with Crippen LogP contribution >= 0.6 is 0 Å². The van der Waals surface area contributed by atoms with Gasteiger partial charge in [0, 0.05) is 19.7 Å². The maximum absolute atomic E-state index is 12.7. The van der Waals surface area contributed by atoms with Crippen molar-refractivity contribution in [1.29, 1.82) is 0 Å². The summed E-state index contributed by atoms with van der Waals surface area (Å²) in [6, 6.07) is 5.65. The molecule has 0 saturated heterocycles. The number of nitrogens with zero attached hydrogens (tertiary/aromatic N) is 2. The Labute approximate surface area is 97.7 Å². The molecular formula is C12H11FN2O2. The van der Waals surface area contributed by atoms with Crippen LogP contribution < -0.4 is 4.90 Å². The second-order valence-corrected chi connectivity index (χ2v) is 3.59. The fourth-order valence-electron chi connectivity index (χ4n) is 1.42. The zero-order chi connectivity index (χ0) is 12.4. The molecule has 1 aromatic heterocycles. The molecule has 2 rings (SSSR count). The molecule has 0 bridgehead atoms. The first-order valence-electron chi connectivity index (χ1n) is 5.03. The first-order valence-corrected chi connectivity index (χ1v) is 5.03. The van der Waals surface area contributed by atoms with Crippen LogP contribution in [0.2, 0.25) is 0 Å². The summed E-state index contributed by atoms with van der Waals surface area (Å²) < 4.78 is 17.7. The standard InChI is InChI=1S/C12H11FN2O2/c1-8-14-11(7-17-8)12(16)15(2)10-5-3-9(13)4-6-10/h3-7H,1-2H3. The second kappa shape index (κ2) is 4.37. The Morgan fingerprint density at radius 3 is 2.53 bits per heavy atom. The third-order valence-electron chi connectivity index (χ3n) is 2.36. The largest absolute Gasteiger partial charge is 0.448 e. The van der Waals surface area contributed by atoms with Crippen LogP contribution in [0.15, 0.2) is 34.9 Å². The minimum Gasteiger partial charge on any atom is -0.448 e. The van der Waals surface area contributed by atoms with Gasteiger partial charge in [-0.2, -0.15) is 0 Å². The predicted molar refractivity (Wildman–Crippen MR) is 60.4 cm³/mol. The lowest BCUT2D eigenvalue weighted by atomic mass is 10.2. The third kappa shape index (κ3) is 2.33. The van der Waals surface area contributed by atoms with Gasteiger partial charge in [0.05, 0.1) is 0 Å². The lowest BCUT2D eigenvalue weighted by molar-refractivity contribution is 0.0988. The van der Waals surface area contributed by atoms with Crippen molar-refractivity contribution in [2.75, 3.05) is 11.9 Å². The number of hydrogen-bond donors (Lipinski definition) is 0. The summed E-state index contributed by atoms with van der Waals surface area (Å²) in [7, 11) is 1.60. The molecule has 0 radical (unpaired) electrons. The molecule has 0 saturated carbocycles. The molecule has 0 fully saturated rings. The predicted octanol–water partition coefficient (Wildman–Crippen LogP) is 2.40. The van der Waals surface area contributed by atoms with E-state index in [2.05, 4.69) is 4.98 Å². The van der Waals surface area contributed by atoms with E-state index in [1.165, 1.54) is 35.4 Å². The summed E-state index contributed by atoms with van der Waals surface area (Å²) in [5.41, 5.74) is 0.825. The zero-order valence-corrected chi connectivity index (χ0v) is 9.48. The van der Waals surface area contributed by atoms with Crippen LogP contribution in [0.25, 0.3) is 0 Å². The number of aryl methyl sites for hydroxylation is 1. The zero-order valence-electron chi connectivity index (χ0n) is 9.48. The molecule has 17 heavy (non-hydrogen) atoms. The quantitative estimate of drug-likeness (QED) is 0.801. The molecular weight excluding hydrogens is 223 g/mol. The van der Waals surface area contributed by atoms with Gasteiger partial charge in [0.15, 0.2) is 11.6 Å². The molecule has 1 aromatic carbocycles. The van der Waals surface area contributed by atoms with Gasteiger partial charge in [0.1, 0.15) is 12.1 Å². The van der Waals surface area contributed by atoms with E-state index in [1.807, 2.05) is 0 Å². The number of hydrogen-bond acceptors (Lipinski definition) is 3. The Bertz CT molecular complexity index is 534. The van der Waals surface area contributed by atoms with E-state index >= 15 is 0 Å². The molecule has 0 aliphatic rings. The van der Waals surface area contributed by atoms with Crippen LogP contribution in [0.3, 0.4) is 0 Å². The van der Waals surface area contributed by atoms with Crippen molar-refractivity contribution in [2.45, 2.75) is 6.92 Å². The Hall–Kier alpha value is -2.17. The summed E-state index contributed by atoms with van der Waals surface area (Å²) in [5.74, 6) is -0.207. The van der Waals surface area contributed by atoms with E-state index in [4.69, 9.17) is 4.42 Å². The highest BCUT2D eigenvalue weighted by Gasteiger charge is 2.16. The number of carbonyl (C=O) groups is 1. The smallest absolute Gasteiger partial charge is 0.279 e. The first kappa shape index (κ1) is 11.3. The number of amides is 1. The van der Waals surface area contributed by atoms with Gasteiger partial charge in [-0.3, -0.25) is 4.79 Å². The number of carbonyl (C=O) groups excluding carboxylic acids is 1. The molecule has 5 heteroatoms. The highest BCUT2D eigenvalue weighted by atomic mass is 19.1. The molecule has 0 aliphatic heterocycles. The summed E-state index contributed by atoms with van der Waals surface area (Å²) >= 11 is 0. The van der Waals surface area contributed by atoms with Crippen LogP contribution in [0, 0.1) is 12.7 Å². The molecule has 0 atom stereocenters. The van der Waals surface area contributed by atoms with Gasteiger partial charge >= 0.3 is 0 Å². The molecule has 0 N–H and O–H groups in total. The molecule has 4 nitrogen and oxygen atoms in total. The average molecular weight is 234 g/mol. The average Bonchev–Trinajstić information content (AvgIpc) is 2.75. The normalized spacial score (nSPS) is 10.3. The van der Waals surface area contributed by atoms with Crippen molar-refractivity contribution in [3.8, 4) is 0 Å². The Morgan fingerprint density at radius 1 is 1.35 bits per heavy atom. The van der Waals surface area contributed by atoms with Crippen LogP contribution in [-0.4, -0.2) is 17.9 Å². The number of rotatable bonds is 2. The van der Waals surface area contributed by atoms with Gasteiger partial charge in [0.25, 0.3) is 5.91 Å². The van der Waals surface area contributed by atoms with Gasteiger partial charge in [0.2, 0.25) is 0 Å². The van der Waals surface area contributed by atoms with Crippen LogP contribution in [0.5, 0.6) is 0 Å². The highest BCUT2D eigenvalue weighted by molar-refractivity contribution is 6.04. The first-order chi connectivity index (χ1) is 8.08. The van der Waals surface area contributed by atoms with Gasteiger partial charge in [-0.1, -0.05) is 0 Å². The summed E-state index contributed by atoms with van der Waals surface area (Å²) in [4.78, 5) is 17.3. The third-order valence-corrected chi connectivity index (χ3v) is 2.36. The van der Waals surface area contributed by atoms with Crippen LogP contribution in [-0.2, 0) is 0 Å². The lowest BCUT2D eigenvalue weighted by Crippen LogP contribution is -2.26. The number of aromatic nitrogens is 1. The number of benzene rings is 1. The lowest BCUT2D eigenvalue weighted by Gasteiger charge is -2.15. The van der Waals surface area contributed by atoms with Crippen molar-refractivity contribution in [3.63, 3.8) is 0 Å². The van der Waals surface area contributed by atoms with Gasteiger partial charge in [-0.25, -0.2) is 9.37 Å². The van der Waals surface area contributed by atoms with Crippen LogP contribution in [0.4, 0.5) is 10.1 Å². The van der Waals surface area contributed by atoms with E-state index in [0.717, 1.165) is 0 Å². The summed E-state index contributed by atoms with van der Waals surface area (Å²) in [5, 5.41) is 0. The van der Waals surface area contributed by atoms with Crippen molar-refractivity contribution in [1.82, 2.24) is 4.98 Å². The van der Waals surface area contributed by atoms with Gasteiger partial charge in [-0.15, -0.1) is 0 Å². The van der Waals surface area contributed by atoms with Crippen molar-refractivity contribution in [2.24, 2.45) is 0 Å². The molecule has 0 aliphatic carbocycles. The SMILES string of the molecule is Cc1nc(C(=O)N(C)c2ccc(F)cc2)co1. The fraction of sp³-hybridized carbons (Fsp3) is 0.167. The van der Waals surface area contributed by atoms with Crippen molar-refractivity contribution < 1.29 is 13.6 Å².